The Hall–Kier alpha value is -1.35. The molecule has 0 aliphatic carbocycles. The van der Waals surface area contributed by atoms with Crippen LogP contribution in [-0.4, -0.2) is 30.4 Å². The van der Waals surface area contributed by atoms with Gasteiger partial charge >= 0.3 is 0 Å². The Morgan fingerprint density at radius 2 is 1.54 bits per heavy atom. The van der Waals surface area contributed by atoms with Crippen molar-refractivity contribution in [1.29, 1.82) is 0 Å². The standard InChI is InChI=1S/C17H28N2O.C3H8.CH4/c1-7-9-15(19(6)8-2)17(20)18-16-13(4)10-12(3)11-14(16)5;1-3-2;/h10-11,15H,7-9H2,1-6H3,(H,18,20);3H2,1-2H3;1H4. The molecule has 3 heteroatoms. The largest absolute Gasteiger partial charge is 0.324 e. The van der Waals surface area contributed by atoms with Crippen LogP contribution in [0.25, 0.3) is 0 Å². The number of nitrogens with zero attached hydrogens (tertiary/aromatic N) is 1. The van der Waals surface area contributed by atoms with Crippen LogP contribution in [0, 0.1) is 20.8 Å². The summed E-state index contributed by atoms with van der Waals surface area (Å²) in [5, 5.41) is 3.13. The zero-order valence-electron chi connectivity index (χ0n) is 16.4. The number of carbonyl (C=O) groups is 1. The smallest absolute Gasteiger partial charge is 0.241 e. The Morgan fingerprint density at radius 1 is 1.08 bits per heavy atom. The maximum atomic E-state index is 12.5. The van der Waals surface area contributed by atoms with E-state index in [4.69, 9.17) is 0 Å². The lowest BCUT2D eigenvalue weighted by atomic mass is 10.0. The van der Waals surface area contributed by atoms with Crippen molar-refractivity contribution in [3.8, 4) is 0 Å². The number of likely N-dealkylation sites (N-methyl/N-ethyl adjacent to an activating group) is 1. The highest BCUT2D eigenvalue weighted by Gasteiger charge is 2.22. The van der Waals surface area contributed by atoms with Crippen molar-refractivity contribution >= 4 is 11.6 Å². The Morgan fingerprint density at radius 3 is 1.92 bits per heavy atom. The molecule has 0 spiro atoms. The van der Waals surface area contributed by atoms with Crippen LogP contribution in [0.3, 0.4) is 0 Å². The molecule has 0 aromatic heterocycles. The van der Waals surface area contributed by atoms with Gasteiger partial charge in [-0.1, -0.05) is 65.7 Å². The van der Waals surface area contributed by atoms with Crippen molar-refractivity contribution in [2.24, 2.45) is 0 Å². The van der Waals surface area contributed by atoms with E-state index in [0.29, 0.717) is 0 Å². The topological polar surface area (TPSA) is 32.3 Å². The summed E-state index contributed by atoms with van der Waals surface area (Å²) in [6.45, 7) is 15.5. The number of hydrogen-bond acceptors (Lipinski definition) is 2. The second-order valence-electron chi connectivity index (χ2n) is 6.35. The number of amides is 1. The molecule has 1 rings (SSSR count). The van der Waals surface area contributed by atoms with Crippen molar-refractivity contribution in [1.82, 2.24) is 4.90 Å². The van der Waals surface area contributed by atoms with E-state index in [1.807, 2.05) is 20.9 Å². The van der Waals surface area contributed by atoms with E-state index in [0.717, 1.165) is 36.2 Å². The molecule has 0 aliphatic heterocycles. The first-order valence-electron chi connectivity index (χ1n) is 8.91. The first kappa shape index (κ1) is 24.9. The first-order valence-corrected chi connectivity index (χ1v) is 8.91. The summed E-state index contributed by atoms with van der Waals surface area (Å²) in [6.07, 6.45) is 3.15. The lowest BCUT2D eigenvalue weighted by molar-refractivity contribution is -0.121. The van der Waals surface area contributed by atoms with Crippen LogP contribution in [0.15, 0.2) is 12.1 Å². The molecule has 0 radical (unpaired) electrons. The van der Waals surface area contributed by atoms with Crippen LogP contribution in [0.5, 0.6) is 0 Å². The van der Waals surface area contributed by atoms with E-state index in [-0.39, 0.29) is 19.4 Å². The van der Waals surface area contributed by atoms with Gasteiger partial charge in [-0.2, -0.15) is 0 Å². The van der Waals surface area contributed by atoms with Gasteiger partial charge in [0.1, 0.15) is 0 Å². The quantitative estimate of drug-likeness (QED) is 0.720. The number of benzene rings is 1. The van der Waals surface area contributed by atoms with E-state index in [2.05, 4.69) is 57.0 Å². The molecule has 140 valence electrons. The Kier molecular flexibility index (Phi) is 13.5. The third kappa shape index (κ3) is 7.96. The fraction of sp³-hybridized carbons (Fsp3) is 0.667. The Balaban J connectivity index is 0. The van der Waals surface area contributed by atoms with Crippen molar-refractivity contribution in [2.45, 2.75) is 81.2 Å². The third-order valence-corrected chi connectivity index (χ3v) is 3.82. The predicted molar refractivity (Wildman–Crippen MR) is 109 cm³/mol. The molecular weight excluding hydrogens is 296 g/mol. The van der Waals surface area contributed by atoms with E-state index < -0.39 is 0 Å². The molecule has 1 N–H and O–H groups in total. The number of nitrogens with one attached hydrogen (secondary N) is 1. The van der Waals surface area contributed by atoms with Gasteiger partial charge in [-0.05, 0) is 51.9 Å². The van der Waals surface area contributed by atoms with Crippen LogP contribution in [0.2, 0.25) is 0 Å². The molecule has 1 aromatic carbocycles. The molecule has 1 unspecified atom stereocenters. The van der Waals surface area contributed by atoms with Crippen LogP contribution >= 0.6 is 0 Å². The zero-order valence-corrected chi connectivity index (χ0v) is 16.4. The van der Waals surface area contributed by atoms with Crippen LogP contribution in [0.1, 0.15) is 71.1 Å². The molecule has 0 saturated heterocycles. The summed E-state index contributed by atoms with van der Waals surface area (Å²) in [5.74, 6) is 0.103. The van der Waals surface area contributed by atoms with Gasteiger partial charge in [0.15, 0.2) is 0 Å². The molecule has 1 atom stereocenters. The summed E-state index contributed by atoms with van der Waals surface area (Å²) in [5.41, 5.74) is 4.45. The highest BCUT2D eigenvalue weighted by atomic mass is 16.2. The van der Waals surface area contributed by atoms with E-state index in [9.17, 15) is 4.79 Å². The monoisotopic (exact) mass is 336 g/mol. The summed E-state index contributed by atoms with van der Waals surface area (Å²) in [4.78, 5) is 14.6. The minimum atomic E-state index is -0.0508. The second kappa shape index (κ2) is 13.0. The Labute approximate surface area is 150 Å². The molecule has 0 heterocycles. The Bertz CT molecular complexity index is 460. The molecule has 0 fully saturated rings. The summed E-state index contributed by atoms with van der Waals surface area (Å²) in [6, 6.07) is 4.17. The first-order chi connectivity index (χ1) is 10.8. The molecule has 24 heavy (non-hydrogen) atoms. The fourth-order valence-corrected chi connectivity index (χ4v) is 2.63. The minimum absolute atomic E-state index is 0. The summed E-state index contributed by atoms with van der Waals surface area (Å²) >= 11 is 0. The SMILES string of the molecule is C.CCC.CCCC(C(=O)Nc1c(C)cc(C)cc1C)N(C)CC. The van der Waals surface area contributed by atoms with Gasteiger partial charge in [-0.15, -0.1) is 0 Å². The maximum absolute atomic E-state index is 12.5. The van der Waals surface area contributed by atoms with E-state index in [1.54, 1.807) is 0 Å². The zero-order chi connectivity index (χ0) is 18.0. The van der Waals surface area contributed by atoms with E-state index in [1.165, 1.54) is 12.0 Å². The summed E-state index contributed by atoms with van der Waals surface area (Å²) in [7, 11) is 2.01. The van der Waals surface area contributed by atoms with Crippen LogP contribution < -0.4 is 5.32 Å². The van der Waals surface area contributed by atoms with Gasteiger partial charge in [0, 0.05) is 5.69 Å². The highest BCUT2D eigenvalue weighted by Crippen LogP contribution is 2.22. The van der Waals surface area contributed by atoms with Crippen LogP contribution in [0.4, 0.5) is 5.69 Å². The molecule has 3 nitrogen and oxygen atoms in total. The van der Waals surface area contributed by atoms with Crippen LogP contribution in [-0.2, 0) is 4.79 Å². The number of rotatable bonds is 6. The normalized spacial score (nSPS) is 11.2. The maximum Gasteiger partial charge on any atom is 0.241 e. The molecule has 1 amide bonds. The van der Waals surface area contributed by atoms with Gasteiger partial charge in [-0.25, -0.2) is 0 Å². The predicted octanol–water partition coefficient (Wildman–Crippen LogP) is 5.72. The van der Waals surface area contributed by atoms with Gasteiger partial charge in [-0.3, -0.25) is 9.69 Å². The lowest BCUT2D eigenvalue weighted by Crippen LogP contribution is -2.41. The van der Waals surface area contributed by atoms with Gasteiger partial charge in [0.05, 0.1) is 6.04 Å². The molecule has 0 saturated carbocycles. The molecule has 1 aromatic rings. The van der Waals surface area contributed by atoms with Crippen molar-refractivity contribution in [3.05, 3.63) is 28.8 Å². The second-order valence-corrected chi connectivity index (χ2v) is 6.35. The third-order valence-electron chi connectivity index (χ3n) is 3.82. The number of carbonyl (C=O) groups excluding carboxylic acids is 1. The number of anilines is 1. The van der Waals surface area contributed by atoms with E-state index >= 15 is 0 Å². The van der Waals surface area contributed by atoms with Gasteiger partial charge in [0.2, 0.25) is 5.91 Å². The average molecular weight is 337 g/mol. The number of aryl methyl sites for hydroxylation is 3. The summed E-state index contributed by atoms with van der Waals surface area (Å²) < 4.78 is 0. The fourth-order valence-electron chi connectivity index (χ4n) is 2.63. The molecular formula is C21H40N2O. The average Bonchev–Trinajstić information content (AvgIpc) is 2.48. The lowest BCUT2D eigenvalue weighted by Gasteiger charge is -2.26. The molecule has 0 aliphatic rings. The van der Waals surface area contributed by atoms with Gasteiger partial charge in [0.25, 0.3) is 0 Å². The van der Waals surface area contributed by atoms with Crippen molar-refractivity contribution in [2.75, 3.05) is 18.9 Å². The van der Waals surface area contributed by atoms with Crippen molar-refractivity contribution < 1.29 is 4.79 Å². The van der Waals surface area contributed by atoms with Crippen molar-refractivity contribution in [3.63, 3.8) is 0 Å². The highest BCUT2D eigenvalue weighted by molar-refractivity contribution is 5.96. The number of hydrogen-bond donors (Lipinski definition) is 1. The van der Waals surface area contributed by atoms with Gasteiger partial charge < -0.3 is 5.32 Å². The minimum Gasteiger partial charge on any atom is -0.324 e. The molecule has 0 bridgehead atoms.